The third-order valence-corrected chi connectivity index (χ3v) is 3.74. The van der Waals surface area contributed by atoms with Crippen LogP contribution in [-0.2, 0) is 11.5 Å². The van der Waals surface area contributed by atoms with E-state index >= 15 is 0 Å². The number of alkyl halides is 4. The summed E-state index contributed by atoms with van der Waals surface area (Å²) in [5.41, 5.74) is -1.36. The zero-order valence-corrected chi connectivity index (χ0v) is 10.3. The summed E-state index contributed by atoms with van der Waals surface area (Å²) in [7, 11) is 0. The molecule has 0 amide bonds. The monoisotopic (exact) mass is 262 g/mol. The van der Waals surface area contributed by atoms with Gasteiger partial charge in [-0.3, -0.25) is 4.68 Å². The minimum Gasteiger partial charge on any atom is -0.257 e. The maximum absolute atomic E-state index is 14.1. The number of rotatable bonds is 1. The van der Waals surface area contributed by atoms with Gasteiger partial charge in [0.25, 0.3) is 12.3 Å². The van der Waals surface area contributed by atoms with E-state index in [9.17, 15) is 17.6 Å². The highest BCUT2D eigenvalue weighted by molar-refractivity contribution is 5.46. The van der Waals surface area contributed by atoms with Crippen LogP contribution in [0.15, 0.2) is 0 Å². The summed E-state index contributed by atoms with van der Waals surface area (Å²) < 4.78 is 55.3. The normalized spacial score (nSPS) is 28.4. The van der Waals surface area contributed by atoms with E-state index in [-0.39, 0.29) is 11.3 Å². The van der Waals surface area contributed by atoms with E-state index in [2.05, 4.69) is 5.10 Å². The molecule has 2 nitrogen and oxygen atoms in total. The van der Waals surface area contributed by atoms with Gasteiger partial charge >= 0.3 is 0 Å². The number of nitrogens with zero attached hydrogens (tertiary/aromatic N) is 2. The average molecular weight is 262 g/mol. The molecule has 0 N–H and O–H groups in total. The highest BCUT2D eigenvalue weighted by Crippen LogP contribution is 2.68. The Kier molecular flexibility index (Phi) is 2.05. The van der Waals surface area contributed by atoms with Crippen LogP contribution in [-0.4, -0.2) is 9.78 Å². The Balaban J connectivity index is 2.26. The van der Waals surface area contributed by atoms with Crippen molar-refractivity contribution in [2.75, 3.05) is 0 Å². The van der Waals surface area contributed by atoms with Gasteiger partial charge in [0.05, 0.1) is 5.54 Å². The highest BCUT2D eigenvalue weighted by atomic mass is 19.3. The molecule has 0 bridgehead atoms. The van der Waals surface area contributed by atoms with Crippen LogP contribution < -0.4 is 0 Å². The predicted molar refractivity (Wildman–Crippen MR) is 56.9 cm³/mol. The first kappa shape index (κ1) is 12.0. The molecule has 18 heavy (non-hydrogen) atoms. The second kappa shape index (κ2) is 3.08. The largest absolute Gasteiger partial charge is 0.293 e. The van der Waals surface area contributed by atoms with Crippen LogP contribution >= 0.6 is 0 Å². The van der Waals surface area contributed by atoms with Crippen LogP contribution in [0.5, 0.6) is 0 Å². The van der Waals surface area contributed by atoms with Gasteiger partial charge in [0, 0.05) is 11.5 Å². The van der Waals surface area contributed by atoms with Crippen molar-refractivity contribution in [2.45, 2.75) is 51.0 Å². The smallest absolute Gasteiger partial charge is 0.257 e. The zero-order chi connectivity index (χ0) is 13.5. The van der Waals surface area contributed by atoms with Crippen molar-refractivity contribution in [2.24, 2.45) is 5.92 Å². The molecule has 2 unspecified atom stereocenters. The molecule has 6 heteroatoms. The van der Waals surface area contributed by atoms with Crippen molar-refractivity contribution in [3.05, 3.63) is 17.0 Å². The van der Waals surface area contributed by atoms with Gasteiger partial charge < -0.3 is 0 Å². The molecule has 0 aliphatic heterocycles. The number of hydrogen-bond donors (Lipinski definition) is 0. The number of fused-ring (bicyclic) bond motifs is 3. The molecule has 100 valence electrons. The maximum atomic E-state index is 14.1. The van der Waals surface area contributed by atoms with Crippen molar-refractivity contribution >= 4 is 0 Å². The van der Waals surface area contributed by atoms with E-state index in [1.165, 1.54) is 0 Å². The van der Waals surface area contributed by atoms with Crippen LogP contribution in [0.25, 0.3) is 0 Å². The molecule has 1 aromatic heterocycles. The lowest BCUT2D eigenvalue weighted by Gasteiger charge is -2.25. The van der Waals surface area contributed by atoms with Crippen LogP contribution in [0.1, 0.15) is 56.5 Å². The van der Waals surface area contributed by atoms with Crippen LogP contribution in [0.4, 0.5) is 17.6 Å². The molecule has 0 saturated heterocycles. The fraction of sp³-hybridized carbons (Fsp3) is 0.750. The van der Waals surface area contributed by atoms with Crippen LogP contribution in [0.2, 0.25) is 0 Å². The Morgan fingerprint density at radius 2 is 1.94 bits per heavy atom. The quantitative estimate of drug-likeness (QED) is 0.704. The standard InChI is InChI=1S/C12H14F4N2/c1-11(2,3)18-9-7(8(17-18)10(13)14)5-4-6(5)12(9,15)16/h5-6,10H,4H2,1-3H3. The molecule has 0 aromatic carbocycles. The van der Waals surface area contributed by atoms with Gasteiger partial charge in [0.15, 0.2) is 0 Å². The minimum absolute atomic E-state index is 0.106. The zero-order valence-electron chi connectivity index (χ0n) is 10.3. The summed E-state index contributed by atoms with van der Waals surface area (Å²) >= 11 is 0. The Labute approximate surface area is 102 Å². The van der Waals surface area contributed by atoms with Gasteiger partial charge in [-0.1, -0.05) is 0 Å². The Bertz CT molecular complexity index is 513. The van der Waals surface area contributed by atoms with Crippen molar-refractivity contribution in [3.8, 4) is 0 Å². The van der Waals surface area contributed by atoms with Crippen molar-refractivity contribution in [3.63, 3.8) is 0 Å². The Morgan fingerprint density at radius 3 is 2.44 bits per heavy atom. The van der Waals surface area contributed by atoms with Gasteiger partial charge in [-0.15, -0.1) is 0 Å². The van der Waals surface area contributed by atoms with Crippen LogP contribution in [0, 0.1) is 5.92 Å². The average Bonchev–Trinajstić information content (AvgIpc) is 2.82. The maximum Gasteiger partial charge on any atom is 0.293 e. The van der Waals surface area contributed by atoms with Crippen molar-refractivity contribution in [1.29, 1.82) is 0 Å². The van der Waals surface area contributed by atoms with E-state index in [0.29, 0.717) is 6.42 Å². The first-order chi connectivity index (χ1) is 8.15. The SMILES string of the molecule is CC(C)(C)n1nc(C(F)F)c2c1C(F)(F)C1CC21. The second-order valence-corrected chi connectivity index (χ2v) is 6.10. The molecule has 3 rings (SSSR count). The summed E-state index contributed by atoms with van der Waals surface area (Å²) in [5.74, 6) is -4.24. The first-order valence-corrected chi connectivity index (χ1v) is 5.95. The van der Waals surface area contributed by atoms with Gasteiger partial charge in [-0.2, -0.15) is 13.9 Å². The molecule has 1 heterocycles. The summed E-state index contributed by atoms with van der Waals surface area (Å²) in [6.45, 7) is 5.07. The van der Waals surface area contributed by atoms with Gasteiger partial charge in [0.1, 0.15) is 11.4 Å². The molecule has 1 saturated carbocycles. The lowest BCUT2D eigenvalue weighted by Crippen LogP contribution is -2.30. The van der Waals surface area contributed by atoms with Crippen molar-refractivity contribution < 1.29 is 17.6 Å². The molecular weight excluding hydrogens is 248 g/mol. The third kappa shape index (κ3) is 1.32. The number of hydrogen-bond acceptors (Lipinski definition) is 1. The van der Waals surface area contributed by atoms with E-state index in [1.54, 1.807) is 20.8 Å². The molecule has 0 spiro atoms. The summed E-state index contributed by atoms with van der Waals surface area (Å²) in [4.78, 5) is 0. The molecular formula is C12H14F4N2. The molecule has 2 aliphatic carbocycles. The summed E-state index contributed by atoms with van der Waals surface area (Å²) in [6.07, 6.45) is -2.49. The lowest BCUT2D eigenvalue weighted by molar-refractivity contribution is -0.0343. The van der Waals surface area contributed by atoms with E-state index in [4.69, 9.17) is 0 Å². The fourth-order valence-electron chi connectivity index (χ4n) is 2.87. The van der Waals surface area contributed by atoms with Gasteiger partial charge in [-0.05, 0) is 33.1 Å². The second-order valence-electron chi connectivity index (χ2n) is 6.10. The third-order valence-electron chi connectivity index (χ3n) is 3.74. The molecule has 1 fully saturated rings. The molecule has 0 radical (unpaired) electrons. The van der Waals surface area contributed by atoms with Gasteiger partial charge in [-0.25, -0.2) is 8.78 Å². The van der Waals surface area contributed by atoms with E-state index < -0.39 is 35.4 Å². The summed E-state index contributed by atoms with van der Waals surface area (Å²) in [6, 6.07) is 0. The van der Waals surface area contributed by atoms with Crippen LogP contribution in [0.3, 0.4) is 0 Å². The lowest BCUT2D eigenvalue weighted by atomic mass is 10.1. The summed E-state index contributed by atoms with van der Waals surface area (Å²) in [5, 5.41) is 3.76. The first-order valence-electron chi connectivity index (χ1n) is 5.95. The highest BCUT2D eigenvalue weighted by Gasteiger charge is 2.67. The number of aromatic nitrogens is 2. The van der Waals surface area contributed by atoms with Crippen molar-refractivity contribution in [1.82, 2.24) is 9.78 Å². The topological polar surface area (TPSA) is 17.8 Å². The number of halogens is 4. The predicted octanol–water partition coefficient (Wildman–Crippen LogP) is 3.78. The molecule has 1 aromatic rings. The minimum atomic E-state index is -3.02. The molecule has 2 atom stereocenters. The molecule has 2 aliphatic rings. The van der Waals surface area contributed by atoms with Gasteiger partial charge in [0.2, 0.25) is 0 Å². The fourth-order valence-corrected chi connectivity index (χ4v) is 2.87. The Morgan fingerprint density at radius 1 is 1.33 bits per heavy atom. The van der Waals surface area contributed by atoms with E-state index in [0.717, 1.165) is 4.68 Å². The Hall–Kier alpha value is -1.07. The van der Waals surface area contributed by atoms with E-state index in [1.807, 2.05) is 0 Å².